The molecule has 0 aromatic carbocycles. The van der Waals surface area contributed by atoms with Crippen LogP contribution in [0, 0.1) is 5.92 Å². The molecule has 0 radical (unpaired) electrons. The molecule has 7 nitrogen and oxygen atoms in total. The van der Waals surface area contributed by atoms with Crippen molar-refractivity contribution in [3.05, 3.63) is 17.2 Å². The Bertz CT molecular complexity index is 592. The Labute approximate surface area is 143 Å². The van der Waals surface area contributed by atoms with E-state index in [0.717, 1.165) is 38.0 Å². The number of hydrogen-bond donors (Lipinski definition) is 2. The van der Waals surface area contributed by atoms with Crippen LogP contribution in [0.2, 0.25) is 0 Å². The maximum atomic E-state index is 12.5. The van der Waals surface area contributed by atoms with E-state index in [4.69, 9.17) is 0 Å². The highest BCUT2D eigenvalue weighted by atomic mass is 16.2. The van der Waals surface area contributed by atoms with Crippen LogP contribution in [0.1, 0.15) is 53.5 Å². The van der Waals surface area contributed by atoms with Crippen LogP contribution >= 0.6 is 0 Å². The van der Waals surface area contributed by atoms with Gasteiger partial charge in [0.2, 0.25) is 0 Å². The number of hydrogen-bond acceptors (Lipinski definition) is 4. The highest BCUT2D eigenvalue weighted by Crippen LogP contribution is 2.21. The Morgan fingerprint density at radius 2 is 1.96 bits per heavy atom. The van der Waals surface area contributed by atoms with Crippen molar-refractivity contribution in [2.45, 2.75) is 39.7 Å². The van der Waals surface area contributed by atoms with Crippen LogP contribution in [0.4, 0.5) is 0 Å². The topological polar surface area (TPSA) is 79.3 Å². The Balaban J connectivity index is 2.16. The van der Waals surface area contributed by atoms with Crippen LogP contribution in [-0.4, -0.2) is 60.0 Å². The number of amides is 2. The van der Waals surface area contributed by atoms with E-state index in [1.165, 1.54) is 0 Å². The highest BCUT2D eigenvalue weighted by molar-refractivity contribution is 5.97. The van der Waals surface area contributed by atoms with Crippen molar-refractivity contribution in [3.63, 3.8) is 0 Å². The van der Waals surface area contributed by atoms with Gasteiger partial charge in [0, 0.05) is 26.2 Å². The summed E-state index contributed by atoms with van der Waals surface area (Å²) in [6.45, 7) is 6.77. The van der Waals surface area contributed by atoms with E-state index in [1.807, 2.05) is 37.4 Å². The van der Waals surface area contributed by atoms with E-state index in [9.17, 15) is 9.59 Å². The number of nitrogens with zero attached hydrogens (tertiary/aromatic N) is 3. The zero-order valence-corrected chi connectivity index (χ0v) is 15.2. The maximum Gasteiger partial charge on any atom is 0.287 e. The normalized spacial score (nSPS) is 13.9. The highest BCUT2D eigenvalue weighted by Gasteiger charge is 2.27. The largest absolute Gasteiger partial charge is 0.350 e. The fourth-order valence-electron chi connectivity index (χ4n) is 2.75. The first-order valence-corrected chi connectivity index (χ1v) is 8.70. The van der Waals surface area contributed by atoms with Crippen molar-refractivity contribution in [3.8, 4) is 0 Å². The molecule has 2 N–H and O–H groups in total. The first kappa shape index (κ1) is 18.4. The third-order valence-electron chi connectivity index (χ3n) is 4.05. The molecule has 0 saturated heterocycles. The molecule has 0 aliphatic carbocycles. The number of imidazole rings is 1. The van der Waals surface area contributed by atoms with E-state index in [2.05, 4.69) is 15.6 Å². The molecule has 2 rings (SSSR count). The zero-order chi connectivity index (χ0) is 17.7. The summed E-state index contributed by atoms with van der Waals surface area (Å²) >= 11 is 0. The number of likely N-dealkylation sites (N-methyl/N-ethyl adjacent to an activating group) is 1. The summed E-state index contributed by atoms with van der Waals surface area (Å²) in [5, 5.41) is 5.79. The molecule has 1 aliphatic rings. The standard InChI is InChI=1S/C17H29N5O2/c1-12(2)11-19-16(23)14-13-7-5-6-9-22(13)15(20-14)17(24)18-8-10-21(3)4/h12H,5-11H2,1-4H3,(H,18,24)(H,19,23). The second-order valence-electron chi connectivity index (χ2n) is 7.00. The van der Waals surface area contributed by atoms with Crippen LogP contribution in [-0.2, 0) is 13.0 Å². The minimum absolute atomic E-state index is 0.179. The van der Waals surface area contributed by atoms with Gasteiger partial charge in [-0.3, -0.25) is 9.59 Å². The molecule has 2 amide bonds. The smallest absolute Gasteiger partial charge is 0.287 e. The third kappa shape index (κ3) is 4.56. The van der Waals surface area contributed by atoms with Crippen molar-refractivity contribution >= 4 is 11.8 Å². The summed E-state index contributed by atoms with van der Waals surface area (Å²) in [6.07, 6.45) is 2.83. The van der Waals surface area contributed by atoms with Crippen molar-refractivity contribution in [1.29, 1.82) is 0 Å². The average Bonchev–Trinajstić information content (AvgIpc) is 2.92. The summed E-state index contributed by atoms with van der Waals surface area (Å²) in [7, 11) is 3.92. The predicted molar refractivity (Wildman–Crippen MR) is 93.2 cm³/mol. The van der Waals surface area contributed by atoms with Crippen molar-refractivity contribution in [1.82, 2.24) is 25.1 Å². The zero-order valence-electron chi connectivity index (χ0n) is 15.2. The van der Waals surface area contributed by atoms with Gasteiger partial charge in [-0.15, -0.1) is 0 Å². The number of carbonyl (C=O) groups is 2. The molecule has 0 atom stereocenters. The van der Waals surface area contributed by atoms with Gasteiger partial charge >= 0.3 is 0 Å². The van der Waals surface area contributed by atoms with Crippen LogP contribution in [0.25, 0.3) is 0 Å². The SMILES string of the molecule is CC(C)CNC(=O)c1nc(C(=O)NCCN(C)C)n2c1CCCC2. The second-order valence-corrected chi connectivity index (χ2v) is 7.00. The number of fused-ring (bicyclic) bond motifs is 1. The van der Waals surface area contributed by atoms with Gasteiger partial charge in [-0.05, 0) is 39.3 Å². The summed E-state index contributed by atoms with van der Waals surface area (Å²) < 4.78 is 1.92. The molecular weight excluding hydrogens is 306 g/mol. The lowest BCUT2D eigenvalue weighted by molar-refractivity contribution is 0.0935. The van der Waals surface area contributed by atoms with Crippen molar-refractivity contribution in [2.24, 2.45) is 5.92 Å². The van der Waals surface area contributed by atoms with E-state index >= 15 is 0 Å². The fourth-order valence-corrected chi connectivity index (χ4v) is 2.75. The molecule has 24 heavy (non-hydrogen) atoms. The summed E-state index contributed by atoms with van der Waals surface area (Å²) in [5.74, 6) is 0.351. The number of aromatic nitrogens is 2. The average molecular weight is 335 g/mol. The van der Waals surface area contributed by atoms with Crippen molar-refractivity contribution in [2.75, 3.05) is 33.7 Å². The number of rotatable bonds is 7. The molecule has 1 aromatic heterocycles. The molecular formula is C17H29N5O2. The van der Waals surface area contributed by atoms with Gasteiger partial charge in [-0.25, -0.2) is 4.98 Å². The van der Waals surface area contributed by atoms with E-state index in [-0.39, 0.29) is 11.8 Å². The molecule has 1 aromatic rings. The molecule has 0 bridgehead atoms. The lowest BCUT2D eigenvalue weighted by Crippen LogP contribution is -2.33. The molecule has 134 valence electrons. The quantitative estimate of drug-likeness (QED) is 0.776. The van der Waals surface area contributed by atoms with Crippen LogP contribution in [0.3, 0.4) is 0 Å². The third-order valence-corrected chi connectivity index (χ3v) is 4.05. The second kappa shape index (κ2) is 8.28. The summed E-state index contributed by atoms with van der Waals surface area (Å²) in [6, 6.07) is 0. The molecule has 7 heteroatoms. The lowest BCUT2D eigenvalue weighted by atomic mass is 10.1. The van der Waals surface area contributed by atoms with Crippen LogP contribution in [0.5, 0.6) is 0 Å². The number of carbonyl (C=O) groups excluding carboxylic acids is 2. The minimum atomic E-state index is -0.206. The van der Waals surface area contributed by atoms with Crippen LogP contribution in [0.15, 0.2) is 0 Å². The van der Waals surface area contributed by atoms with Gasteiger partial charge in [0.1, 0.15) is 5.69 Å². The molecule has 1 aliphatic heterocycles. The Morgan fingerprint density at radius 3 is 2.62 bits per heavy atom. The minimum Gasteiger partial charge on any atom is -0.350 e. The first-order chi connectivity index (χ1) is 11.4. The maximum absolute atomic E-state index is 12.5. The molecule has 0 unspecified atom stereocenters. The van der Waals surface area contributed by atoms with E-state index in [1.54, 1.807) is 0 Å². The lowest BCUT2D eigenvalue weighted by Gasteiger charge is -2.17. The van der Waals surface area contributed by atoms with Crippen molar-refractivity contribution < 1.29 is 9.59 Å². The Hall–Kier alpha value is -1.89. The van der Waals surface area contributed by atoms with Gasteiger partial charge in [0.15, 0.2) is 5.82 Å². The molecule has 0 spiro atoms. The van der Waals surface area contributed by atoms with E-state index < -0.39 is 0 Å². The Kier molecular flexibility index (Phi) is 6.36. The Morgan fingerprint density at radius 1 is 1.21 bits per heavy atom. The first-order valence-electron chi connectivity index (χ1n) is 8.70. The molecule has 0 fully saturated rings. The van der Waals surface area contributed by atoms with Gasteiger partial charge in [-0.1, -0.05) is 13.8 Å². The number of nitrogens with one attached hydrogen (secondary N) is 2. The molecule has 0 saturated carbocycles. The molecule has 2 heterocycles. The monoisotopic (exact) mass is 335 g/mol. The van der Waals surface area contributed by atoms with Crippen LogP contribution < -0.4 is 10.6 Å². The fraction of sp³-hybridized carbons (Fsp3) is 0.706. The predicted octanol–water partition coefficient (Wildman–Crippen LogP) is 0.897. The van der Waals surface area contributed by atoms with Gasteiger partial charge < -0.3 is 20.1 Å². The van der Waals surface area contributed by atoms with E-state index in [0.29, 0.717) is 30.5 Å². The summed E-state index contributed by atoms with van der Waals surface area (Å²) in [4.78, 5) is 31.3. The van der Waals surface area contributed by atoms with Gasteiger partial charge in [-0.2, -0.15) is 0 Å². The van der Waals surface area contributed by atoms with Gasteiger partial charge in [0.25, 0.3) is 11.8 Å². The van der Waals surface area contributed by atoms with Gasteiger partial charge in [0.05, 0.1) is 5.69 Å². The summed E-state index contributed by atoms with van der Waals surface area (Å²) in [5.41, 5.74) is 1.30.